The third kappa shape index (κ3) is 17.7. The number of hydrogen-bond donors (Lipinski definition) is 6. The fraction of sp³-hybridized carbons (Fsp3) is 0.872. The minimum atomic E-state index is -1.68. The molecular formula is C39H70N2O13. The van der Waals surface area contributed by atoms with Gasteiger partial charge in [-0.05, 0) is 45.4 Å². The average molecular weight is 775 g/mol. The van der Waals surface area contributed by atoms with Gasteiger partial charge in [0.1, 0.15) is 37.1 Å². The van der Waals surface area contributed by atoms with E-state index < -0.39 is 91.8 Å². The lowest BCUT2D eigenvalue weighted by atomic mass is 9.94. The molecule has 0 bridgehead atoms. The molecule has 2 fully saturated rings. The van der Waals surface area contributed by atoms with Crippen LogP contribution in [0.3, 0.4) is 0 Å². The second kappa shape index (κ2) is 27.4. The zero-order valence-corrected chi connectivity index (χ0v) is 33.0. The lowest BCUT2D eigenvalue weighted by Gasteiger charge is -2.47. The summed E-state index contributed by atoms with van der Waals surface area (Å²) in [7, 11) is 0. The Bertz CT molecular complexity index is 1080. The van der Waals surface area contributed by atoms with Crippen LogP contribution < -0.4 is 11.1 Å². The van der Waals surface area contributed by atoms with E-state index in [1.165, 1.54) is 39.0 Å². The van der Waals surface area contributed by atoms with Crippen molar-refractivity contribution in [1.29, 1.82) is 0 Å². The molecule has 0 spiro atoms. The zero-order valence-electron chi connectivity index (χ0n) is 33.0. The molecule has 0 aromatic heterocycles. The first kappa shape index (κ1) is 47.9. The molecule has 2 saturated heterocycles. The number of carbonyl (C=O) groups excluding carboxylic acids is 3. The molecule has 0 radical (unpaired) electrons. The van der Waals surface area contributed by atoms with Gasteiger partial charge in [0, 0.05) is 19.8 Å². The van der Waals surface area contributed by atoms with Crippen molar-refractivity contribution in [1.82, 2.24) is 5.32 Å². The third-order valence-corrected chi connectivity index (χ3v) is 9.73. The molecule has 15 nitrogen and oxygen atoms in total. The summed E-state index contributed by atoms with van der Waals surface area (Å²) in [5.74, 6) is -1.44. The van der Waals surface area contributed by atoms with Gasteiger partial charge in [-0.1, -0.05) is 77.4 Å². The summed E-state index contributed by atoms with van der Waals surface area (Å²) in [6.07, 6.45) is 7.19. The summed E-state index contributed by atoms with van der Waals surface area (Å²) in [6.45, 7) is 5.79. The molecule has 0 aromatic rings. The number of aliphatic hydroxyl groups is 4. The quantitative estimate of drug-likeness (QED) is 0.0401. The Balaban J connectivity index is 2.01. The van der Waals surface area contributed by atoms with Gasteiger partial charge in [-0.15, -0.1) is 0 Å². The Morgan fingerprint density at radius 2 is 1.37 bits per heavy atom. The molecule has 11 atom stereocenters. The van der Waals surface area contributed by atoms with Gasteiger partial charge in [0.15, 0.2) is 18.7 Å². The van der Waals surface area contributed by atoms with E-state index in [9.17, 15) is 34.8 Å². The summed E-state index contributed by atoms with van der Waals surface area (Å²) >= 11 is 0. The Hall–Kier alpha value is -2.21. The number of allylic oxidation sites excluding steroid dienone is 2. The molecular weight excluding hydrogens is 704 g/mol. The monoisotopic (exact) mass is 774 g/mol. The number of nitrogens with one attached hydrogen (secondary N) is 1. The lowest BCUT2D eigenvalue weighted by molar-refractivity contribution is -0.342. The predicted octanol–water partition coefficient (Wildman–Crippen LogP) is 3.06. The lowest BCUT2D eigenvalue weighted by Crippen LogP contribution is -2.68. The van der Waals surface area contributed by atoms with Crippen molar-refractivity contribution in [2.45, 2.75) is 198 Å². The first-order valence-corrected chi connectivity index (χ1v) is 20.2. The molecule has 2 heterocycles. The van der Waals surface area contributed by atoms with E-state index in [0.717, 1.165) is 44.9 Å². The number of amides is 1. The second-order valence-corrected chi connectivity index (χ2v) is 14.5. The van der Waals surface area contributed by atoms with E-state index in [1.807, 2.05) is 0 Å². The van der Waals surface area contributed by atoms with Crippen molar-refractivity contribution in [3.8, 4) is 0 Å². The van der Waals surface area contributed by atoms with E-state index >= 15 is 0 Å². The van der Waals surface area contributed by atoms with Crippen LogP contribution in [-0.2, 0) is 42.8 Å². The van der Waals surface area contributed by atoms with Gasteiger partial charge >= 0.3 is 11.9 Å². The largest absolute Gasteiger partial charge is 0.462 e. The van der Waals surface area contributed by atoms with Crippen LogP contribution in [0.25, 0.3) is 0 Å². The smallest absolute Gasteiger partial charge is 0.306 e. The highest BCUT2D eigenvalue weighted by atomic mass is 16.7. The van der Waals surface area contributed by atoms with Crippen LogP contribution in [0.5, 0.6) is 0 Å². The Kier molecular flexibility index (Phi) is 24.3. The summed E-state index contributed by atoms with van der Waals surface area (Å²) in [5.41, 5.74) is 6.04. The van der Waals surface area contributed by atoms with Crippen LogP contribution in [0, 0.1) is 0 Å². The number of rotatable bonds is 27. The van der Waals surface area contributed by atoms with Crippen LogP contribution in [0.4, 0.5) is 0 Å². The molecule has 314 valence electrons. The molecule has 2 aliphatic rings. The van der Waals surface area contributed by atoms with Gasteiger partial charge in [0.05, 0.1) is 31.5 Å². The molecule has 0 aromatic carbocycles. The van der Waals surface area contributed by atoms with Gasteiger partial charge in [0.2, 0.25) is 5.91 Å². The number of ether oxygens (including phenoxy) is 6. The fourth-order valence-corrected chi connectivity index (χ4v) is 6.40. The topological polar surface area (TPSA) is 226 Å². The number of carbonyl (C=O) groups is 3. The Morgan fingerprint density at radius 3 is 1.98 bits per heavy atom. The van der Waals surface area contributed by atoms with Crippen LogP contribution in [0.15, 0.2) is 12.2 Å². The van der Waals surface area contributed by atoms with Gasteiger partial charge in [-0.25, -0.2) is 0 Å². The van der Waals surface area contributed by atoms with Gasteiger partial charge < -0.3 is 59.9 Å². The average Bonchev–Trinajstić information content (AvgIpc) is 3.14. The van der Waals surface area contributed by atoms with E-state index in [1.54, 1.807) is 6.92 Å². The molecule has 7 N–H and O–H groups in total. The molecule has 1 amide bonds. The summed E-state index contributed by atoms with van der Waals surface area (Å²) < 4.78 is 34.3. The summed E-state index contributed by atoms with van der Waals surface area (Å²) in [5, 5.41) is 45.5. The van der Waals surface area contributed by atoms with Gasteiger partial charge in [-0.3, -0.25) is 14.4 Å². The Morgan fingerprint density at radius 1 is 0.778 bits per heavy atom. The van der Waals surface area contributed by atoms with E-state index in [4.69, 9.17) is 34.2 Å². The normalized spacial score (nSPS) is 29.2. The third-order valence-electron chi connectivity index (χ3n) is 9.73. The number of esters is 2. The number of unbranched alkanes of at least 4 members (excludes halogenated alkanes) is 11. The van der Waals surface area contributed by atoms with Crippen molar-refractivity contribution >= 4 is 17.8 Å². The van der Waals surface area contributed by atoms with Crippen LogP contribution in [0.1, 0.15) is 130 Å². The molecule has 11 unspecified atom stereocenters. The van der Waals surface area contributed by atoms with Crippen LogP contribution in [0.2, 0.25) is 0 Å². The molecule has 2 aliphatic heterocycles. The zero-order chi connectivity index (χ0) is 39.9. The standard InChI is InChI=1S/C39H70N2O13/c1-5-7-9-11-12-13-14-15-16-17-18-20-22-31(45)52-28(24-49-30(44)21-19-10-8-6-2)25-50-39-36(48)37(34(46)29(23-42)53-39)54-38-33(41-27(4)43)35(47)32(40)26(3)51-38/h14-15,26,28-29,32-39,42,46-48H,5-13,16-25,40H2,1-4H3,(H,41,43). The SMILES string of the molecule is CCCCCCCC=CCCCCCC(=O)OC(COC(=O)CCCCCC)COC1OC(CO)C(O)C(OC2OC(C)C(N)C(O)C2NC(C)=O)C1O. The maximum absolute atomic E-state index is 12.9. The maximum Gasteiger partial charge on any atom is 0.306 e. The van der Waals surface area contributed by atoms with Crippen molar-refractivity contribution in [2.24, 2.45) is 5.73 Å². The Labute approximate surface area is 321 Å². The van der Waals surface area contributed by atoms with Gasteiger partial charge in [-0.2, -0.15) is 0 Å². The van der Waals surface area contributed by atoms with E-state index in [2.05, 4.69) is 31.3 Å². The van der Waals surface area contributed by atoms with Crippen molar-refractivity contribution in [3.63, 3.8) is 0 Å². The summed E-state index contributed by atoms with van der Waals surface area (Å²) in [4.78, 5) is 37.2. The highest BCUT2D eigenvalue weighted by Gasteiger charge is 2.50. The van der Waals surface area contributed by atoms with Crippen LogP contribution >= 0.6 is 0 Å². The van der Waals surface area contributed by atoms with Crippen molar-refractivity contribution in [3.05, 3.63) is 12.2 Å². The number of hydrogen-bond acceptors (Lipinski definition) is 14. The minimum absolute atomic E-state index is 0.157. The fourth-order valence-electron chi connectivity index (χ4n) is 6.40. The molecule has 2 rings (SSSR count). The molecule has 0 saturated carbocycles. The van der Waals surface area contributed by atoms with Crippen molar-refractivity contribution in [2.75, 3.05) is 19.8 Å². The van der Waals surface area contributed by atoms with E-state index in [-0.39, 0.29) is 26.1 Å². The predicted molar refractivity (Wildman–Crippen MR) is 200 cm³/mol. The summed E-state index contributed by atoms with van der Waals surface area (Å²) in [6, 6.07) is -2.01. The molecule has 0 aliphatic carbocycles. The van der Waals surface area contributed by atoms with Crippen molar-refractivity contribution < 1.29 is 63.2 Å². The molecule has 15 heteroatoms. The highest BCUT2D eigenvalue weighted by Crippen LogP contribution is 2.29. The highest BCUT2D eigenvalue weighted by molar-refractivity contribution is 5.73. The minimum Gasteiger partial charge on any atom is -0.462 e. The number of aliphatic hydroxyl groups excluding tert-OH is 4. The number of nitrogens with two attached hydrogens (primary N) is 1. The molecule has 54 heavy (non-hydrogen) atoms. The first-order valence-electron chi connectivity index (χ1n) is 20.2. The first-order chi connectivity index (χ1) is 25.9. The van der Waals surface area contributed by atoms with Crippen LogP contribution in [-0.4, -0.2) is 125 Å². The maximum atomic E-state index is 12.9. The van der Waals surface area contributed by atoms with E-state index in [0.29, 0.717) is 12.8 Å². The van der Waals surface area contributed by atoms with Gasteiger partial charge in [0.25, 0.3) is 0 Å². The second-order valence-electron chi connectivity index (χ2n) is 14.5.